The Morgan fingerprint density at radius 3 is 1.89 bits per heavy atom. The Hall–Kier alpha value is -1.66. The number of halogens is 5. The van der Waals surface area contributed by atoms with Gasteiger partial charge in [0.15, 0.2) is 23.3 Å². The van der Waals surface area contributed by atoms with Crippen LogP contribution in [0.25, 0.3) is 0 Å². The van der Waals surface area contributed by atoms with Gasteiger partial charge >= 0.3 is 0 Å². The van der Waals surface area contributed by atoms with Crippen LogP contribution in [0.4, 0.5) is 22.0 Å². The fourth-order valence-electron chi connectivity index (χ4n) is 1.39. The molecule has 0 aliphatic rings. The lowest BCUT2D eigenvalue weighted by atomic mass is 10.2. The Bertz CT molecular complexity index is 472. The lowest BCUT2D eigenvalue weighted by Crippen LogP contribution is -2.08. The van der Waals surface area contributed by atoms with E-state index in [-0.39, 0.29) is 0 Å². The summed E-state index contributed by atoms with van der Waals surface area (Å²) < 4.78 is 64.9. The van der Waals surface area contributed by atoms with Crippen LogP contribution in [-0.2, 0) is 11.4 Å². The molecule has 0 aliphatic heterocycles. The summed E-state index contributed by atoms with van der Waals surface area (Å²) >= 11 is 0. The van der Waals surface area contributed by atoms with Crippen molar-refractivity contribution in [1.82, 2.24) is 0 Å². The zero-order valence-corrected chi connectivity index (χ0v) is 10.4. The summed E-state index contributed by atoms with van der Waals surface area (Å²) in [6.45, 7) is 2.69. The average Bonchev–Trinajstić information content (AvgIpc) is 2.38. The van der Waals surface area contributed by atoms with Gasteiger partial charge in [-0.05, 0) is 13.3 Å². The molecule has 0 aromatic heterocycles. The second-order valence-corrected chi connectivity index (χ2v) is 3.90. The topological polar surface area (TPSA) is 21.6 Å². The van der Waals surface area contributed by atoms with Gasteiger partial charge in [-0.2, -0.15) is 0 Å². The first-order chi connectivity index (χ1) is 8.90. The zero-order chi connectivity index (χ0) is 14.6. The molecule has 0 fully saturated rings. The fourth-order valence-corrected chi connectivity index (χ4v) is 1.39. The SMILES string of the molecule is CCC/C(C)=N/OCc1c(F)c(F)c(F)c(F)c1F. The van der Waals surface area contributed by atoms with E-state index in [1.165, 1.54) is 0 Å². The van der Waals surface area contributed by atoms with E-state index in [9.17, 15) is 22.0 Å². The molecule has 0 atom stereocenters. The van der Waals surface area contributed by atoms with Crippen LogP contribution in [0.2, 0.25) is 0 Å². The number of benzene rings is 1. The van der Waals surface area contributed by atoms with Crippen LogP contribution < -0.4 is 0 Å². The maximum absolute atomic E-state index is 13.2. The summed E-state index contributed by atoms with van der Waals surface area (Å²) in [4.78, 5) is 4.60. The maximum Gasteiger partial charge on any atom is 0.200 e. The number of rotatable bonds is 5. The van der Waals surface area contributed by atoms with Gasteiger partial charge in [0.1, 0.15) is 6.61 Å². The largest absolute Gasteiger partial charge is 0.391 e. The standard InChI is InChI=1S/C12H12F5NO/c1-3-4-6(2)18-19-5-7-8(13)10(15)12(17)11(16)9(7)14/h3-5H2,1-2H3/b18-6+. The molecule has 0 bridgehead atoms. The van der Waals surface area contributed by atoms with Crippen LogP contribution in [0.15, 0.2) is 5.16 Å². The van der Waals surface area contributed by atoms with Crippen molar-refractivity contribution < 1.29 is 26.8 Å². The number of oxime groups is 1. The molecule has 2 nitrogen and oxygen atoms in total. The third kappa shape index (κ3) is 3.42. The van der Waals surface area contributed by atoms with Gasteiger partial charge in [0.05, 0.1) is 11.3 Å². The van der Waals surface area contributed by atoms with Crippen molar-refractivity contribution in [1.29, 1.82) is 0 Å². The smallest absolute Gasteiger partial charge is 0.200 e. The van der Waals surface area contributed by atoms with E-state index < -0.39 is 41.3 Å². The van der Waals surface area contributed by atoms with Crippen molar-refractivity contribution in [2.24, 2.45) is 5.16 Å². The van der Waals surface area contributed by atoms with E-state index in [2.05, 4.69) is 9.99 Å². The van der Waals surface area contributed by atoms with Gasteiger partial charge in [-0.25, -0.2) is 22.0 Å². The molecule has 0 heterocycles. The monoisotopic (exact) mass is 281 g/mol. The van der Waals surface area contributed by atoms with Gasteiger partial charge in [0.25, 0.3) is 0 Å². The Morgan fingerprint density at radius 1 is 0.947 bits per heavy atom. The van der Waals surface area contributed by atoms with E-state index in [1.54, 1.807) is 6.92 Å². The van der Waals surface area contributed by atoms with Crippen molar-refractivity contribution >= 4 is 5.71 Å². The molecule has 7 heteroatoms. The second-order valence-electron chi connectivity index (χ2n) is 3.90. The molecule has 106 valence electrons. The normalized spacial score (nSPS) is 11.8. The van der Waals surface area contributed by atoms with E-state index in [0.29, 0.717) is 12.1 Å². The van der Waals surface area contributed by atoms with Crippen molar-refractivity contribution in [3.8, 4) is 0 Å². The molecule has 0 spiro atoms. The predicted molar refractivity (Wildman–Crippen MR) is 59.0 cm³/mol. The van der Waals surface area contributed by atoms with E-state index in [1.807, 2.05) is 6.92 Å². The first-order valence-electron chi connectivity index (χ1n) is 5.55. The zero-order valence-electron chi connectivity index (χ0n) is 10.4. The second kappa shape index (κ2) is 6.49. The minimum atomic E-state index is -2.19. The molecular weight excluding hydrogens is 269 g/mol. The molecule has 0 aliphatic carbocycles. The molecule has 0 N–H and O–H groups in total. The molecule has 1 rings (SSSR count). The van der Waals surface area contributed by atoms with Gasteiger partial charge in [-0.3, -0.25) is 0 Å². The van der Waals surface area contributed by atoms with Gasteiger partial charge in [0.2, 0.25) is 5.82 Å². The molecule has 0 unspecified atom stereocenters. The summed E-state index contributed by atoms with van der Waals surface area (Å²) in [6.07, 6.45) is 1.40. The molecule has 1 aromatic rings. The van der Waals surface area contributed by atoms with Gasteiger partial charge in [0, 0.05) is 0 Å². The molecule has 1 aromatic carbocycles. The lowest BCUT2D eigenvalue weighted by molar-refractivity contribution is 0.122. The molecule has 0 saturated heterocycles. The van der Waals surface area contributed by atoms with Crippen LogP contribution in [0.3, 0.4) is 0 Å². The van der Waals surface area contributed by atoms with Crippen LogP contribution in [-0.4, -0.2) is 5.71 Å². The van der Waals surface area contributed by atoms with Crippen molar-refractivity contribution in [3.05, 3.63) is 34.6 Å². The maximum atomic E-state index is 13.2. The predicted octanol–water partition coefficient (Wildman–Crippen LogP) is 4.07. The summed E-state index contributed by atoms with van der Waals surface area (Å²) in [5.74, 6) is -9.98. The fraction of sp³-hybridized carbons (Fsp3) is 0.417. The Kier molecular flexibility index (Phi) is 5.26. The molecular formula is C12H12F5NO. The first-order valence-corrected chi connectivity index (χ1v) is 5.55. The minimum Gasteiger partial charge on any atom is -0.391 e. The lowest BCUT2D eigenvalue weighted by Gasteiger charge is -2.07. The average molecular weight is 281 g/mol. The minimum absolute atomic E-state index is 0.561. The number of nitrogens with zero attached hydrogens (tertiary/aromatic N) is 1. The van der Waals surface area contributed by atoms with Crippen LogP contribution in [0, 0.1) is 29.1 Å². The van der Waals surface area contributed by atoms with Crippen molar-refractivity contribution in [3.63, 3.8) is 0 Å². The van der Waals surface area contributed by atoms with Crippen LogP contribution in [0.5, 0.6) is 0 Å². The van der Waals surface area contributed by atoms with Gasteiger partial charge < -0.3 is 4.84 Å². The highest BCUT2D eigenvalue weighted by molar-refractivity contribution is 5.81. The van der Waals surface area contributed by atoms with Gasteiger partial charge in [-0.15, -0.1) is 0 Å². The van der Waals surface area contributed by atoms with Crippen molar-refractivity contribution in [2.45, 2.75) is 33.3 Å². The highest BCUT2D eigenvalue weighted by Crippen LogP contribution is 2.23. The number of hydrogen-bond donors (Lipinski definition) is 0. The van der Waals surface area contributed by atoms with E-state index in [4.69, 9.17) is 0 Å². The molecule has 0 radical (unpaired) electrons. The molecule has 0 saturated carbocycles. The Labute approximate surface area is 106 Å². The highest BCUT2D eigenvalue weighted by atomic mass is 19.2. The Balaban J connectivity index is 2.94. The summed E-state index contributed by atoms with van der Waals surface area (Å²) in [6, 6.07) is 0. The summed E-state index contributed by atoms with van der Waals surface area (Å²) in [7, 11) is 0. The molecule has 19 heavy (non-hydrogen) atoms. The number of hydrogen-bond acceptors (Lipinski definition) is 2. The summed E-state index contributed by atoms with van der Waals surface area (Å²) in [5, 5.41) is 3.52. The van der Waals surface area contributed by atoms with Crippen molar-refractivity contribution in [2.75, 3.05) is 0 Å². The highest BCUT2D eigenvalue weighted by Gasteiger charge is 2.25. The quantitative estimate of drug-likeness (QED) is 0.262. The van der Waals surface area contributed by atoms with Gasteiger partial charge in [-0.1, -0.05) is 18.5 Å². The van der Waals surface area contributed by atoms with E-state index >= 15 is 0 Å². The summed E-state index contributed by atoms with van der Waals surface area (Å²) in [5.41, 5.74) is -0.476. The van der Waals surface area contributed by atoms with Crippen LogP contribution in [0.1, 0.15) is 32.3 Å². The van der Waals surface area contributed by atoms with E-state index in [0.717, 1.165) is 6.42 Å². The third-order valence-corrected chi connectivity index (χ3v) is 2.34. The van der Waals surface area contributed by atoms with Crippen LogP contribution >= 0.6 is 0 Å². The first kappa shape index (κ1) is 15.4. The molecule has 0 amide bonds. The Morgan fingerprint density at radius 2 is 1.42 bits per heavy atom. The third-order valence-electron chi connectivity index (χ3n) is 2.34.